The zero-order valence-corrected chi connectivity index (χ0v) is 12.0. The Kier molecular flexibility index (Phi) is 3.86. The van der Waals surface area contributed by atoms with Crippen molar-refractivity contribution in [3.63, 3.8) is 0 Å². The highest BCUT2D eigenvalue weighted by Gasteiger charge is 2.11. The molecule has 0 spiro atoms. The van der Waals surface area contributed by atoms with Crippen molar-refractivity contribution in [2.75, 3.05) is 17.2 Å². The quantitative estimate of drug-likeness (QED) is 0.776. The number of para-hydroxylation sites is 2. The summed E-state index contributed by atoms with van der Waals surface area (Å²) in [5, 5.41) is 13.3. The van der Waals surface area contributed by atoms with Crippen LogP contribution in [0.3, 0.4) is 0 Å². The van der Waals surface area contributed by atoms with Crippen LogP contribution >= 0.6 is 0 Å². The van der Waals surface area contributed by atoms with Crippen LogP contribution in [-0.2, 0) is 0 Å². The van der Waals surface area contributed by atoms with Gasteiger partial charge in [-0.2, -0.15) is 0 Å². The highest BCUT2D eigenvalue weighted by atomic mass is 16.5. The third-order valence-electron chi connectivity index (χ3n) is 2.97. The Hall–Kier alpha value is -3.09. The number of carbonyl (C=O) groups excluding carboxylic acids is 1. The van der Waals surface area contributed by atoms with Gasteiger partial charge in [0.15, 0.2) is 5.65 Å². The summed E-state index contributed by atoms with van der Waals surface area (Å²) in [7, 11) is 0. The summed E-state index contributed by atoms with van der Waals surface area (Å²) in [5.74, 6) is 0.966. The zero-order valence-electron chi connectivity index (χ0n) is 12.0. The topological polar surface area (TPSA) is 80.5 Å². The molecule has 0 aliphatic carbocycles. The number of hydrogen-bond donors (Lipinski definition) is 2. The van der Waals surface area contributed by atoms with Crippen molar-refractivity contribution in [3.8, 4) is 5.75 Å². The molecule has 22 heavy (non-hydrogen) atoms. The molecular weight excluding hydrogens is 282 g/mol. The first-order valence-corrected chi connectivity index (χ1v) is 6.87. The summed E-state index contributed by atoms with van der Waals surface area (Å²) in [5.41, 5.74) is 1.25. The molecule has 3 rings (SSSR count). The first-order chi connectivity index (χ1) is 10.8. The zero-order chi connectivity index (χ0) is 15.4. The number of nitrogens with one attached hydrogen (secondary N) is 2. The molecule has 0 aliphatic rings. The van der Waals surface area contributed by atoms with Gasteiger partial charge in [0.25, 0.3) is 0 Å². The molecule has 0 unspecified atom stereocenters. The number of nitrogens with zero attached hydrogens (tertiary/aromatic N) is 3. The van der Waals surface area contributed by atoms with Crippen molar-refractivity contribution in [2.24, 2.45) is 0 Å². The Labute approximate surface area is 126 Å². The summed E-state index contributed by atoms with van der Waals surface area (Å²) in [4.78, 5) is 12.1. The smallest absolute Gasteiger partial charge is 0.326 e. The number of rotatable bonds is 4. The number of ether oxygens (including phenoxy) is 1. The molecule has 0 bridgehead atoms. The Morgan fingerprint density at radius 3 is 2.82 bits per heavy atom. The standard InChI is InChI=1S/C15H15N5O2/c1-2-22-12-8-4-3-7-11(12)16-15(21)17-14-19-18-13-9-5-6-10-20(13)14/h3-10H,2H2,1H3,(H2,16,17,19,21). The molecule has 112 valence electrons. The molecule has 0 saturated carbocycles. The monoisotopic (exact) mass is 297 g/mol. The second kappa shape index (κ2) is 6.13. The molecule has 7 nitrogen and oxygen atoms in total. The molecule has 2 heterocycles. The summed E-state index contributed by atoms with van der Waals surface area (Å²) in [6.45, 7) is 2.41. The van der Waals surface area contributed by atoms with Gasteiger partial charge in [-0.1, -0.05) is 18.2 Å². The number of amides is 2. The van der Waals surface area contributed by atoms with E-state index >= 15 is 0 Å². The van der Waals surface area contributed by atoms with E-state index in [1.165, 1.54) is 0 Å². The van der Waals surface area contributed by atoms with Gasteiger partial charge in [-0.05, 0) is 31.2 Å². The van der Waals surface area contributed by atoms with Crippen LogP contribution in [0.25, 0.3) is 5.65 Å². The maximum Gasteiger partial charge on any atom is 0.326 e. The molecule has 2 N–H and O–H groups in total. The number of urea groups is 1. The van der Waals surface area contributed by atoms with Gasteiger partial charge in [0, 0.05) is 6.20 Å². The van der Waals surface area contributed by atoms with E-state index in [1.54, 1.807) is 28.8 Å². The fraction of sp³-hybridized carbons (Fsp3) is 0.133. The molecular formula is C15H15N5O2. The molecule has 2 aromatic heterocycles. The lowest BCUT2D eigenvalue weighted by molar-refractivity contribution is 0.261. The van der Waals surface area contributed by atoms with Crippen LogP contribution < -0.4 is 15.4 Å². The number of hydrogen-bond acceptors (Lipinski definition) is 4. The van der Waals surface area contributed by atoms with Crippen LogP contribution in [0.1, 0.15) is 6.92 Å². The van der Waals surface area contributed by atoms with Crippen molar-refractivity contribution in [2.45, 2.75) is 6.92 Å². The first kappa shape index (κ1) is 13.9. The van der Waals surface area contributed by atoms with Crippen molar-refractivity contribution < 1.29 is 9.53 Å². The fourth-order valence-electron chi connectivity index (χ4n) is 2.03. The predicted molar refractivity (Wildman–Crippen MR) is 83.2 cm³/mol. The minimum Gasteiger partial charge on any atom is -0.492 e. The van der Waals surface area contributed by atoms with E-state index in [0.29, 0.717) is 29.6 Å². The molecule has 2 amide bonds. The number of pyridine rings is 1. The molecule has 0 fully saturated rings. The van der Waals surface area contributed by atoms with E-state index in [0.717, 1.165) is 0 Å². The molecule has 0 atom stereocenters. The van der Waals surface area contributed by atoms with Crippen LogP contribution in [0.4, 0.5) is 16.4 Å². The molecule has 7 heteroatoms. The average molecular weight is 297 g/mol. The minimum atomic E-state index is -0.412. The highest BCUT2D eigenvalue weighted by molar-refractivity contribution is 5.99. The average Bonchev–Trinajstić information content (AvgIpc) is 2.93. The molecule has 0 saturated heterocycles. The number of fused-ring (bicyclic) bond motifs is 1. The normalized spacial score (nSPS) is 10.4. The lowest BCUT2D eigenvalue weighted by atomic mass is 10.3. The number of benzene rings is 1. The van der Waals surface area contributed by atoms with E-state index in [4.69, 9.17) is 4.74 Å². The third-order valence-corrected chi connectivity index (χ3v) is 2.97. The van der Waals surface area contributed by atoms with Crippen LogP contribution in [0.15, 0.2) is 48.7 Å². The summed E-state index contributed by atoms with van der Waals surface area (Å²) >= 11 is 0. The van der Waals surface area contributed by atoms with Crippen LogP contribution in [-0.4, -0.2) is 27.2 Å². The molecule has 0 radical (unpaired) electrons. The Bertz CT molecular complexity index is 799. The second-order valence-electron chi connectivity index (χ2n) is 4.46. The SMILES string of the molecule is CCOc1ccccc1NC(=O)Nc1nnc2ccccn12. The van der Waals surface area contributed by atoms with E-state index < -0.39 is 6.03 Å². The summed E-state index contributed by atoms with van der Waals surface area (Å²) in [6, 6.07) is 12.3. The summed E-state index contributed by atoms with van der Waals surface area (Å²) < 4.78 is 7.16. The Morgan fingerprint density at radius 1 is 1.14 bits per heavy atom. The van der Waals surface area contributed by atoms with Gasteiger partial charge in [0.2, 0.25) is 5.95 Å². The maximum atomic E-state index is 12.1. The van der Waals surface area contributed by atoms with E-state index in [-0.39, 0.29) is 0 Å². The lowest BCUT2D eigenvalue weighted by Gasteiger charge is -2.11. The van der Waals surface area contributed by atoms with Crippen molar-refractivity contribution >= 4 is 23.3 Å². The van der Waals surface area contributed by atoms with Crippen molar-refractivity contribution in [1.29, 1.82) is 0 Å². The lowest BCUT2D eigenvalue weighted by Crippen LogP contribution is -2.21. The van der Waals surface area contributed by atoms with E-state index in [9.17, 15) is 4.79 Å². The maximum absolute atomic E-state index is 12.1. The van der Waals surface area contributed by atoms with Gasteiger partial charge in [-0.25, -0.2) is 4.79 Å². The van der Waals surface area contributed by atoms with Gasteiger partial charge in [-0.15, -0.1) is 10.2 Å². The largest absolute Gasteiger partial charge is 0.492 e. The van der Waals surface area contributed by atoms with Crippen molar-refractivity contribution in [1.82, 2.24) is 14.6 Å². The number of anilines is 2. The van der Waals surface area contributed by atoms with Gasteiger partial charge in [0.1, 0.15) is 5.75 Å². The van der Waals surface area contributed by atoms with E-state index in [2.05, 4.69) is 20.8 Å². The third kappa shape index (κ3) is 2.83. The van der Waals surface area contributed by atoms with Crippen LogP contribution in [0, 0.1) is 0 Å². The van der Waals surface area contributed by atoms with E-state index in [1.807, 2.05) is 31.2 Å². The first-order valence-electron chi connectivity index (χ1n) is 6.87. The van der Waals surface area contributed by atoms with Gasteiger partial charge >= 0.3 is 6.03 Å². The summed E-state index contributed by atoms with van der Waals surface area (Å²) in [6.07, 6.45) is 1.78. The van der Waals surface area contributed by atoms with Crippen molar-refractivity contribution in [3.05, 3.63) is 48.7 Å². The molecule has 3 aromatic rings. The number of aromatic nitrogens is 3. The number of carbonyl (C=O) groups is 1. The predicted octanol–water partition coefficient (Wildman–Crippen LogP) is 2.77. The molecule has 1 aromatic carbocycles. The van der Waals surface area contributed by atoms with Crippen LogP contribution in [0.2, 0.25) is 0 Å². The second-order valence-corrected chi connectivity index (χ2v) is 4.46. The van der Waals surface area contributed by atoms with Crippen LogP contribution in [0.5, 0.6) is 5.75 Å². The fourth-order valence-corrected chi connectivity index (χ4v) is 2.03. The van der Waals surface area contributed by atoms with Gasteiger partial charge in [0.05, 0.1) is 12.3 Å². The Balaban J connectivity index is 1.75. The highest BCUT2D eigenvalue weighted by Crippen LogP contribution is 2.23. The van der Waals surface area contributed by atoms with Gasteiger partial charge < -0.3 is 10.1 Å². The Morgan fingerprint density at radius 2 is 1.95 bits per heavy atom. The van der Waals surface area contributed by atoms with Gasteiger partial charge in [-0.3, -0.25) is 9.72 Å². The molecule has 0 aliphatic heterocycles. The minimum absolute atomic E-state index is 0.349.